The van der Waals surface area contributed by atoms with Crippen molar-refractivity contribution in [3.05, 3.63) is 69.8 Å². The highest BCUT2D eigenvalue weighted by Gasteiger charge is 2.18. The lowest BCUT2D eigenvalue weighted by Gasteiger charge is -2.16. The topological polar surface area (TPSA) is 63.4 Å². The van der Waals surface area contributed by atoms with E-state index in [9.17, 15) is 14.9 Å². The van der Waals surface area contributed by atoms with Crippen molar-refractivity contribution in [2.24, 2.45) is 0 Å². The Balaban J connectivity index is 2.55. The molecule has 5 nitrogen and oxygen atoms in total. The Hall–Kier alpha value is -2.69. The molecule has 0 aliphatic heterocycles. The summed E-state index contributed by atoms with van der Waals surface area (Å²) in [4.78, 5) is 24.6. The van der Waals surface area contributed by atoms with Crippen LogP contribution < -0.4 is 4.90 Å². The number of nitro groups is 1. The molecule has 0 aliphatic carbocycles. The molecule has 2 aromatic rings. The van der Waals surface area contributed by atoms with Gasteiger partial charge < -0.3 is 4.90 Å². The Bertz CT molecular complexity index is 651. The number of nitrogens with zero attached hydrogens (tertiary/aromatic N) is 2. The third-order valence-corrected chi connectivity index (χ3v) is 2.95. The number of non-ortho nitro benzene ring substituents is 1. The van der Waals surface area contributed by atoms with Crippen LogP contribution >= 0.6 is 0 Å². The van der Waals surface area contributed by atoms with Crippen molar-refractivity contribution in [1.29, 1.82) is 0 Å². The average Bonchev–Trinajstić information content (AvgIpc) is 2.46. The van der Waals surface area contributed by atoms with Gasteiger partial charge in [-0.25, -0.2) is 0 Å². The monoisotopic (exact) mass is 270 g/mol. The molecular weight excluding hydrogens is 256 g/mol. The maximum Gasteiger partial charge on any atom is 0.270 e. The predicted octanol–water partition coefficient (Wildman–Crippen LogP) is 2.89. The van der Waals surface area contributed by atoms with E-state index in [1.165, 1.54) is 12.1 Å². The van der Waals surface area contributed by atoms with E-state index in [-0.39, 0.29) is 11.5 Å². The fraction of sp³-hybridized carbons (Fsp3) is 0.133. The molecule has 0 radical (unpaired) electrons. The number of nitro benzene ring substituents is 1. The van der Waals surface area contributed by atoms with E-state index in [0.717, 1.165) is 0 Å². The summed E-state index contributed by atoms with van der Waals surface area (Å²) in [6.07, 6.45) is 0. The van der Waals surface area contributed by atoms with Gasteiger partial charge >= 0.3 is 0 Å². The van der Waals surface area contributed by atoms with Gasteiger partial charge in [0.1, 0.15) is 0 Å². The lowest BCUT2D eigenvalue weighted by Crippen LogP contribution is -2.14. The fourth-order valence-electron chi connectivity index (χ4n) is 1.95. The number of hydrogen-bond acceptors (Lipinski definition) is 4. The lowest BCUT2D eigenvalue weighted by molar-refractivity contribution is -0.384. The molecule has 0 saturated heterocycles. The first kappa shape index (κ1) is 13.7. The van der Waals surface area contributed by atoms with Crippen molar-refractivity contribution >= 4 is 17.2 Å². The van der Waals surface area contributed by atoms with Crippen LogP contribution in [-0.2, 0) is 0 Å². The van der Waals surface area contributed by atoms with Gasteiger partial charge in [-0.15, -0.1) is 0 Å². The largest absolute Gasteiger partial charge is 0.377 e. The molecule has 2 rings (SSSR count). The minimum absolute atomic E-state index is 0.0881. The first-order valence-corrected chi connectivity index (χ1v) is 6.06. The number of carbonyl (C=O) groups is 1. The van der Waals surface area contributed by atoms with Gasteiger partial charge in [-0.05, 0) is 6.07 Å². The van der Waals surface area contributed by atoms with Crippen LogP contribution in [0.4, 0.5) is 11.4 Å². The Labute approximate surface area is 116 Å². The summed E-state index contributed by atoms with van der Waals surface area (Å²) in [5.74, 6) is -0.224. The minimum atomic E-state index is -0.499. The van der Waals surface area contributed by atoms with Crippen LogP contribution in [-0.4, -0.2) is 24.8 Å². The Morgan fingerprint density at radius 2 is 1.75 bits per heavy atom. The van der Waals surface area contributed by atoms with Gasteiger partial charge in [-0.1, -0.05) is 30.3 Å². The molecule has 0 amide bonds. The number of ketones is 1. The summed E-state index contributed by atoms with van der Waals surface area (Å²) < 4.78 is 0. The first-order chi connectivity index (χ1) is 9.50. The summed E-state index contributed by atoms with van der Waals surface area (Å²) in [5, 5.41) is 10.9. The molecule has 102 valence electrons. The van der Waals surface area contributed by atoms with E-state index < -0.39 is 4.92 Å². The molecule has 0 heterocycles. The smallest absolute Gasteiger partial charge is 0.270 e. The van der Waals surface area contributed by atoms with E-state index >= 15 is 0 Å². The summed E-state index contributed by atoms with van der Waals surface area (Å²) in [6, 6.07) is 13.0. The number of hydrogen-bond donors (Lipinski definition) is 0. The molecule has 0 saturated carbocycles. The SMILES string of the molecule is CN(C)c1ccc([N+](=O)[O-])cc1C(=O)c1ccccc1. The summed E-state index contributed by atoms with van der Waals surface area (Å²) >= 11 is 0. The number of carbonyl (C=O) groups excluding carboxylic acids is 1. The van der Waals surface area contributed by atoms with Crippen LogP contribution in [0.5, 0.6) is 0 Å². The quantitative estimate of drug-likeness (QED) is 0.487. The first-order valence-electron chi connectivity index (χ1n) is 6.06. The maximum atomic E-state index is 12.5. The molecule has 20 heavy (non-hydrogen) atoms. The Morgan fingerprint density at radius 1 is 1.10 bits per heavy atom. The van der Waals surface area contributed by atoms with E-state index in [2.05, 4.69) is 0 Å². The third kappa shape index (κ3) is 2.66. The lowest BCUT2D eigenvalue weighted by atomic mass is 10.0. The van der Waals surface area contributed by atoms with E-state index in [4.69, 9.17) is 0 Å². The predicted molar refractivity (Wildman–Crippen MR) is 77.3 cm³/mol. The van der Waals surface area contributed by atoms with Crippen molar-refractivity contribution in [2.45, 2.75) is 0 Å². The van der Waals surface area contributed by atoms with Gasteiger partial charge in [-0.3, -0.25) is 14.9 Å². The zero-order chi connectivity index (χ0) is 14.7. The molecule has 5 heteroatoms. The van der Waals surface area contributed by atoms with Crippen molar-refractivity contribution in [1.82, 2.24) is 0 Å². The maximum absolute atomic E-state index is 12.5. The zero-order valence-corrected chi connectivity index (χ0v) is 11.2. The van der Waals surface area contributed by atoms with Crippen molar-refractivity contribution < 1.29 is 9.72 Å². The highest BCUT2D eigenvalue weighted by molar-refractivity contribution is 6.12. The molecule has 0 spiro atoms. The molecule has 0 fully saturated rings. The van der Waals surface area contributed by atoms with Crippen LogP contribution in [0.15, 0.2) is 48.5 Å². The van der Waals surface area contributed by atoms with E-state index in [1.54, 1.807) is 49.3 Å². The standard InChI is InChI=1S/C15H14N2O3/c1-16(2)14-9-8-12(17(19)20)10-13(14)15(18)11-6-4-3-5-7-11/h3-10H,1-2H3. The van der Waals surface area contributed by atoms with E-state index in [0.29, 0.717) is 16.8 Å². The van der Waals surface area contributed by atoms with Crippen LogP contribution in [0, 0.1) is 10.1 Å². The normalized spacial score (nSPS) is 10.1. The van der Waals surface area contributed by atoms with Gasteiger partial charge in [-0.2, -0.15) is 0 Å². The summed E-state index contributed by atoms with van der Waals surface area (Å²) in [6.45, 7) is 0. The van der Waals surface area contributed by atoms with Crippen LogP contribution in [0.2, 0.25) is 0 Å². The molecule has 0 aliphatic rings. The third-order valence-electron chi connectivity index (χ3n) is 2.95. The van der Waals surface area contributed by atoms with Gasteiger partial charge in [0.2, 0.25) is 0 Å². The molecule has 0 atom stereocenters. The van der Waals surface area contributed by atoms with Crippen LogP contribution in [0.1, 0.15) is 15.9 Å². The van der Waals surface area contributed by atoms with Gasteiger partial charge in [0, 0.05) is 37.5 Å². The molecule has 0 aromatic heterocycles. The second-order valence-electron chi connectivity index (χ2n) is 4.55. The molecule has 2 aromatic carbocycles. The average molecular weight is 270 g/mol. The fourth-order valence-corrected chi connectivity index (χ4v) is 1.95. The molecule has 0 bridgehead atoms. The molecule has 0 N–H and O–H groups in total. The van der Waals surface area contributed by atoms with Crippen LogP contribution in [0.3, 0.4) is 0 Å². The Morgan fingerprint density at radius 3 is 2.30 bits per heavy atom. The molecular formula is C15H14N2O3. The minimum Gasteiger partial charge on any atom is -0.377 e. The second kappa shape index (κ2) is 5.52. The number of benzene rings is 2. The second-order valence-corrected chi connectivity index (χ2v) is 4.55. The van der Waals surface area contributed by atoms with Gasteiger partial charge in [0.25, 0.3) is 5.69 Å². The van der Waals surface area contributed by atoms with Crippen molar-refractivity contribution in [2.75, 3.05) is 19.0 Å². The summed E-state index contributed by atoms with van der Waals surface area (Å²) in [7, 11) is 3.59. The van der Waals surface area contributed by atoms with E-state index in [1.807, 2.05) is 6.07 Å². The number of anilines is 1. The zero-order valence-electron chi connectivity index (χ0n) is 11.2. The van der Waals surface area contributed by atoms with Gasteiger partial charge in [0.15, 0.2) is 5.78 Å². The summed E-state index contributed by atoms with van der Waals surface area (Å²) in [5.41, 5.74) is 1.41. The van der Waals surface area contributed by atoms with Crippen LogP contribution in [0.25, 0.3) is 0 Å². The Kier molecular flexibility index (Phi) is 3.79. The van der Waals surface area contributed by atoms with Crippen molar-refractivity contribution in [3.8, 4) is 0 Å². The number of rotatable bonds is 4. The highest BCUT2D eigenvalue weighted by Crippen LogP contribution is 2.26. The highest BCUT2D eigenvalue weighted by atomic mass is 16.6. The molecule has 0 unspecified atom stereocenters. The van der Waals surface area contributed by atoms with Gasteiger partial charge in [0.05, 0.1) is 10.5 Å². The van der Waals surface area contributed by atoms with Crippen molar-refractivity contribution in [3.63, 3.8) is 0 Å².